The molecule has 2 N–H and O–H groups in total. The number of nitrogens with zero attached hydrogens (tertiary/aromatic N) is 2. The zero-order valence-electron chi connectivity index (χ0n) is 19.0. The van der Waals surface area contributed by atoms with Crippen LogP contribution in [0, 0.1) is 0 Å². The number of rotatable bonds is 10. The fourth-order valence-corrected chi connectivity index (χ4v) is 3.65. The molecular formula is C27H27N3O4. The molecule has 3 aromatic carbocycles. The van der Waals surface area contributed by atoms with Gasteiger partial charge in [0.1, 0.15) is 6.61 Å². The predicted octanol–water partition coefficient (Wildman–Crippen LogP) is 3.91. The summed E-state index contributed by atoms with van der Waals surface area (Å²) >= 11 is 0. The number of aromatic nitrogens is 2. The maximum Gasteiger partial charge on any atom is 0.251 e. The first-order valence-electron chi connectivity index (χ1n) is 11.0. The third kappa shape index (κ3) is 5.63. The Hall–Kier alpha value is -4.10. The van der Waals surface area contributed by atoms with E-state index in [1.807, 2.05) is 59.4 Å². The van der Waals surface area contributed by atoms with Crippen LogP contribution in [0.2, 0.25) is 0 Å². The van der Waals surface area contributed by atoms with Crippen molar-refractivity contribution in [1.82, 2.24) is 15.1 Å². The summed E-state index contributed by atoms with van der Waals surface area (Å²) < 4.78 is 12.7. The molecular weight excluding hydrogens is 430 g/mol. The number of amides is 1. The Morgan fingerprint density at radius 1 is 1.00 bits per heavy atom. The van der Waals surface area contributed by atoms with E-state index in [9.17, 15) is 4.79 Å². The van der Waals surface area contributed by atoms with Crippen LogP contribution < -0.4 is 14.8 Å². The van der Waals surface area contributed by atoms with Crippen molar-refractivity contribution in [2.24, 2.45) is 0 Å². The minimum Gasteiger partial charge on any atom is -0.493 e. The highest BCUT2D eigenvalue weighted by atomic mass is 16.5. The van der Waals surface area contributed by atoms with Gasteiger partial charge in [-0.2, -0.15) is 5.10 Å². The fourth-order valence-electron chi connectivity index (χ4n) is 3.65. The molecule has 0 aliphatic heterocycles. The second-order valence-electron chi connectivity index (χ2n) is 7.67. The Balaban J connectivity index is 1.54. The van der Waals surface area contributed by atoms with Gasteiger partial charge in [-0.3, -0.25) is 9.48 Å². The Morgan fingerprint density at radius 3 is 2.44 bits per heavy atom. The number of carbonyl (C=O) groups is 1. The molecule has 0 unspecified atom stereocenters. The standard InChI is InChI=1S/C27H27N3O4/c1-33-24-13-12-22(16-25(24)34-15-14-31)27(32)28-17-23-19-30(18-20-8-4-2-5-9-20)29-26(23)21-10-6-3-7-11-21/h2-13,16,19,31H,14-15,17-18H2,1H3,(H,28,32). The maximum absolute atomic E-state index is 12.9. The predicted molar refractivity (Wildman–Crippen MR) is 130 cm³/mol. The molecule has 1 amide bonds. The van der Waals surface area contributed by atoms with Crippen LogP contribution in [0.4, 0.5) is 0 Å². The Kier molecular flexibility index (Phi) is 7.57. The number of hydrogen-bond acceptors (Lipinski definition) is 5. The van der Waals surface area contributed by atoms with Gasteiger partial charge in [0.05, 0.1) is 26.0 Å². The number of aliphatic hydroxyl groups is 1. The summed E-state index contributed by atoms with van der Waals surface area (Å²) in [4.78, 5) is 12.9. The molecule has 1 aromatic heterocycles. The molecule has 1 heterocycles. The molecule has 0 saturated carbocycles. The van der Waals surface area contributed by atoms with Gasteiger partial charge >= 0.3 is 0 Å². The maximum atomic E-state index is 12.9. The SMILES string of the molecule is COc1ccc(C(=O)NCc2cn(Cc3ccccc3)nc2-c2ccccc2)cc1OCCO. The average molecular weight is 458 g/mol. The lowest BCUT2D eigenvalue weighted by molar-refractivity contribution is 0.0950. The van der Waals surface area contributed by atoms with Gasteiger partial charge in [-0.05, 0) is 23.8 Å². The normalized spacial score (nSPS) is 10.6. The molecule has 7 heteroatoms. The summed E-state index contributed by atoms with van der Waals surface area (Å²) in [5.41, 5.74) is 4.32. The molecule has 0 saturated heterocycles. The summed E-state index contributed by atoms with van der Waals surface area (Å²) in [6.45, 7) is 0.937. The smallest absolute Gasteiger partial charge is 0.251 e. The minimum absolute atomic E-state index is 0.114. The largest absolute Gasteiger partial charge is 0.493 e. The van der Waals surface area contributed by atoms with Crippen molar-refractivity contribution in [3.05, 3.63) is 102 Å². The van der Waals surface area contributed by atoms with Gasteiger partial charge < -0.3 is 19.9 Å². The van der Waals surface area contributed by atoms with E-state index in [1.54, 1.807) is 18.2 Å². The van der Waals surface area contributed by atoms with Crippen molar-refractivity contribution < 1.29 is 19.4 Å². The van der Waals surface area contributed by atoms with Gasteiger partial charge in [0.2, 0.25) is 0 Å². The molecule has 174 valence electrons. The molecule has 7 nitrogen and oxygen atoms in total. The molecule has 0 aliphatic rings. The number of hydrogen-bond donors (Lipinski definition) is 2. The number of aliphatic hydroxyl groups excluding tert-OH is 1. The molecule has 0 fully saturated rings. The van der Waals surface area contributed by atoms with Crippen LogP contribution in [0.5, 0.6) is 11.5 Å². The topological polar surface area (TPSA) is 85.6 Å². The number of carbonyl (C=O) groups excluding carboxylic acids is 1. The van der Waals surface area contributed by atoms with Crippen LogP contribution in [-0.4, -0.2) is 41.1 Å². The second kappa shape index (κ2) is 11.2. The minimum atomic E-state index is -0.244. The Bertz CT molecular complexity index is 1220. The highest BCUT2D eigenvalue weighted by Crippen LogP contribution is 2.28. The lowest BCUT2D eigenvalue weighted by Gasteiger charge is -2.12. The molecule has 0 bridgehead atoms. The quantitative estimate of drug-likeness (QED) is 0.377. The molecule has 34 heavy (non-hydrogen) atoms. The zero-order chi connectivity index (χ0) is 23.8. The van der Waals surface area contributed by atoms with Gasteiger partial charge in [0.15, 0.2) is 11.5 Å². The molecule has 0 radical (unpaired) electrons. The van der Waals surface area contributed by atoms with E-state index >= 15 is 0 Å². The molecule has 0 spiro atoms. The van der Waals surface area contributed by atoms with Crippen molar-refractivity contribution in [3.8, 4) is 22.8 Å². The molecule has 4 aromatic rings. The summed E-state index contributed by atoms with van der Waals surface area (Å²) in [5, 5.41) is 16.8. The van der Waals surface area contributed by atoms with Crippen LogP contribution >= 0.6 is 0 Å². The van der Waals surface area contributed by atoms with Crippen molar-refractivity contribution in [2.75, 3.05) is 20.3 Å². The van der Waals surface area contributed by atoms with Crippen LogP contribution in [-0.2, 0) is 13.1 Å². The number of ether oxygens (including phenoxy) is 2. The van der Waals surface area contributed by atoms with E-state index in [0.29, 0.717) is 30.2 Å². The second-order valence-corrected chi connectivity index (χ2v) is 7.67. The summed E-state index contributed by atoms with van der Waals surface area (Å²) in [7, 11) is 1.53. The summed E-state index contributed by atoms with van der Waals surface area (Å²) in [6.07, 6.45) is 1.97. The van der Waals surface area contributed by atoms with E-state index in [2.05, 4.69) is 17.4 Å². The van der Waals surface area contributed by atoms with Crippen molar-refractivity contribution in [1.29, 1.82) is 0 Å². The van der Waals surface area contributed by atoms with Crippen LogP contribution in [0.1, 0.15) is 21.5 Å². The van der Waals surface area contributed by atoms with E-state index in [0.717, 1.165) is 22.4 Å². The third-order valence-corrected chi connectivity index (χ3v) is 5.29. The van der Waals surface area contributed by atoms with Gasteiger partial charge in [-0.1, -0.05) is 60.7 Å². The van der Waals surface area contributed by atoms with Crippen LogP contribution in [0.15, 0.2) is 85.1 Å². The van der Waals surface area contributed by atoms with E-state index in [-0.39, 0.29) is 19.1 Å². The zero-order valence-corrected chi connectivity index (χ0v) is 19.0. The lowest BCUT2D eigenvalue weighted by Crippen LogP contribution is -2.23. The Labute approximate surface area is 198 Å². The first-order valence-corrected chi connectivity index (χ1v) is 11.0. The van der Waals surface area contributed by atoms with E-state index in [1.165, 1.54) is 7.11 Å². The van der Waals surface area contributed by atoms with Gasteiger partial charge in [0.25, 0.3) is 5.91 Å². The molecule has 0 atom stereocenters. The third-order valence-electron chi connectivity index (χ3n) is 5.29. The molecule has 4 rings (SSSR count). The Morgan fingerprint density at radius 2 is 1.74 bits per heavy atom. The van der Waals surface area contributed by atoms with Crippen molar-refractivity contribution in [3.63, 3.8) is 0 Å². The summed E-state index contributed by atoms with van der Waals surface area (Å²) in [5.74, 6) is 0.662. The lowest BCUT2D eigenvalue weighted by atomic mass is 10.1. The van der Waals surface area contributed by atoms with E-state index in [4.69, 9.17) is 19.7 Å². The highest BCUT2D eigenvalue weighted by Gasteiger charge is 2.15. The van der Waals surface area contributed by atoms with Gasteiger partial charge in [-0.15, -0.1) is 0 Å². The van der Waals surface area contributed by atoms with Crippen LogP contribution in [0.3, 0.4) is 0 Å². The van der Waals surface area contributed by atoms with Crippen molar-refractivity contribution in [2.45, 2.75) is 13.1 Å². The number of nitrogens with one attached hydrogen (secondary N) is 1. The van der Waals surface area contributed by atoms with Gasteiger partial charge in [0, 0.05) is 29.4 Å². The number of benzene rings is 3. The molecule has 0 aliphatic carbocycles. The first kappa shape index (κ1) is 23.1. The van der Waals surface area contributed by atoms with Gasteiger partial charge in [-0.25, -0.2) is 0 Å². The van der Waals surface area contributed by atoms with E-state index < -0.39 is 0 Å². The fraction of sp³-hybridized carbons (Fsp3) is 0.185. The summed E-state index contributed by atoms with van der Waals surface area (Å²) in [6, 6.07) is 25.0. The monoisotopic (exact) mass is 457 g/mol. The number of methoxy groups -OCH3 is 1. The highest BCUT2D eigenvalue weighted by molar-refractivity contribution is 5.95. The van der Waals surface area contributed by atoms with Crippen molar-refractivity contribution >= 4 is 5.91 Å². The van der Waals surface area contributed by atoms with Crippen LogP contribution in [0.25, 0.3) is 11.3 Å². The average Bonchev–Trinajstić information content (AvgIpc) is 3.29. The first-order chi connectivity index (χ1) is 16.7.